The Balaban J connectivity index is 2.19. The van der Waals surface area contributed by atoms with E-state index in [0.717, 1.165) is 22.4 Å². The standard InChI is InChI=1S/C17H20O3/c1-12-8-9-16(19-3)14(10-12)11-20-17-7-5-4-6-15(17)13(2)18/h4-10,13,18H,11H2,1-3H3. The highest BCUT2D eigenvalue weighted by atomic mass is 16.5. The van der Waals surface area contributed by atoms with Gasteiger partial charge < -0.3 is 14.6 Å². The van der Waals surface area contributed by atoms with Crippen LogP contribution < -0.4 is 9.47 Å². The molecule has 0 saturated carbocycles. The first kappa shape index (κ1) is 14.4. The van der Waals surface area contributed by atoms with Crippen LogP contribution in [-0.2, 0) is 6.61 Å². The Morgan fingerprint density at radius 3 is 2.55 bits per heavy atom. The summed E-state index contributed by atoms with van der Waals surface area (Å²) in [7, 11) is 1.65. The van der Waals surface area contributed by atoms with E-state index in [-0.39, 0.29) is 0 Å². The summed E-state index contributed by atoms with van der Waals surface area (Å²) in [6.45, 7) is 4.18. The maximum Gasteiger partial charge on any atom is 0.125 e. The van der Waals surface area contributed by atoms with Gasteiger partial charge in [0.05, 0.1) is 13.2 Å². The van der Waals surface area contributed by atoms with E-state index in [9.17, 15) is 5.11 Å². The zero-order valence-electron chi connectivity index (χ0n) is 12.1. The molecule has 0 aliphatic rings. The largest absolute Gasteiger partial charge is 0.496 e. The van der Waals surface area contributed by atoms with Crippen molar-refractivity contribution in [3.05, 3.63) is 59.2 Å². The molecule has 0 spiro atoms. The second kappa shape index (κ2) is 6.44. The monoisotopic (exact) mass is 272 g/mol. The molecular weight excluding hydrogens is 252 g/mol. The Morgan fingerprint density at radius 2 is 1.85 bits per heavy atom. The maximum atomic E-state index is 9.74. The van der Waals surface area contributed by atoms with Crippen LogP contribution in [0.1, 0.15) is 29.7 Å². The number of ether oxygens (including phenoxy) is 2. The molecule has 0 radical (unpaired) electrons. The number of rotatable bonds is 5. The second-order valence-corrected chi connectivity index (χ2v) is 4.82. The highest BCUT2D eigenvalue weighted by Gasteiger charge is 2.10. The van der Waals surface area contributed by atoms with Gasteiger partial charge in [-0.05, 0) is 32.0 Å². The fourth-order valence-electron chi connectivity index (χ4n) is 2.13. The van der Waals surface area contributed by atoms with Gasteiger partial charge in [0.25, 0.3) is 0 Å². The smallest absolute Gasteiger partial charge is 0.125 e. The molecule has 0 heterocycles. The lowest BCUT2D eigenvalue weighted by atomic mass is 10.1. The first-order valence-corrected chi connectivity index (χ1v) is 6.65. The van der Waals surface area contributed by atoms with Gasteiger partial charge in [-0.2, -0.15) is 0 Å². The molecule has 0 fully saturated rings. The van der Waals surface area contributed by atoms with Crippen LogP contribution in [0.2, 0.25) is 0 Å². The van der Waals surface area contributed by atoms with Crippen molar-refractivity contribution in [2.24, 2.45) is 0 Å². The van der Waals surface area contributed by atoms with Crippen molar-refractivity contribution >= 4 is 0 Å². The summed E-state index contributed by atoms with van der Waals surface area (Å²) >= 11 is 0. The normalized spacial score (nSPS) is 12.0. The van der Waals surface area contributed by atoms with Crippen LogP contribution in [0, 0.1) is 6.92 Å². The van der Waals surface area contributed by atoms with E-state index in [0.29, 0.717) is 12.4 Å². The van der Waals surface area contributed by atoms with E-state index in [2.05, 4.69) is 0 Å². The first-order valence-electron chi connectivity index (χ1n) is 6.65. The third kappa shape index (κ3) is 3.31. The molecule has 1 atom stereocenters. The van der Waals surface area contributed by atoms with Gasteiger partial charge in [0, 0.05) is 11.1 Å². The highest BCUT2D eigenvalue weighted by Crippen LogP contribution is 2.27. The molecule has 3 heteroatoms. The summed E-state index contributed by atoms with van der Waals surface area (Å²) in [5.41, 5.74) is 2.94. The van der Waals surface area contributed by atoms with Crippen molar-refractivity contribution in [2.75, 3.05) is 7.11 Å². The summed E-state index contributed by atoms with van der Waals surface area (Å²) < 4.78 is 11.2. The zero-order valence-corrected chi connectivity index (χ0v) is 12.1. The van der Waals surface area contributed by atoms with Crippen molar-refractivity contribution < 1.29 is 14.6 Å². The number of benzene rings is 2. The first-order chi connectivity index (χ1) is 9.61. The molecule has 0 aliphatic heterocycles. The molecule has 0 amide bonds. The molecule has 1 unspecified atom stereocenters. The molecule has 0 aliphatic carbocycles. The van der Waals surface area contributed by atoms with E-state index in [1.165, 1.54) is 0 Å². The molecule has 0 aromatic heterocycles. The van der Waals surface area contributed by atoms with Crippen molar-refractivity contribution in [3.8, 4) is 11.5 Å². The predicted octanol–water partition coefficient (Wildman–Crippen LogP) is 3.64. The maximum absolute atomic E-state index is 9.74. The third-order valence-electron chi connectivity index (χ3n) is 3.19. The SMILES string of the molecule is COc1ccc(C)cc1COc1ccccc1C(C)O. The van der Waals surface area contributed by atoms with Gasteiger partial charge in [-0.15, -0.1) is 0 Å². The summed E-state index contributed by atoms with van der Waals surface area (Å²) in [5.74, 6) is 1.51. The van der Waals surface area contributed by atoms with E-state index >= 15 is 0 Å². The number of hydrogen-bond acceptors (Lipinski definition) is 3. The molecule has 0 saturated heterocycles. The number of aryl methyl sites for hydroxylation is 1. The van der Waals surface area contributed by atoms with E-state index < -0.39 is 6.10 Å². The van der Waals surface area contributed by atoms with Gasteiger partial charge >= 0.3 is 0 Å². The fourth-order valence-corrected chi connectivity index (χ4v) is 2.13. The topological polar surface area (TPSA) is 38.7 Å². The summed E-state index contributed by atoms with van der Waals surface area (Å²) in [6, 6.07) is 13.5. The number of hydrogen-bond donors (Lipinski definition) is 1. The van der Waals surface area contributed by atoms with Crippen molar-refractivity contribution in [1.82, 2.24) is 0 Å². The lowest BCUT2D eigenvalue weighted by Gasteiger charge is -2.15. The molecule has 20 heavy (non-hydrogen) atoms. The van der Waals surface area contributed by atoms with Gasteiger partial charge in [0.1, 0.15) is 18.1 Å². The van der Waals surface area contributed by atoms with Crippen LogP contribution >= 0.6 is 0 Å². The lowest BCUT2D eigenvalue weighted by molar-refractivity contribution is 0.190. The Kier molecular flexibility index (Phi) is 4.64. The number of para-hydroxylation sites is 1. The summed E-state index contributed by atoms with van der Waals surface area (Å²) in [4.78, 5) is 0. The molecular formula is C17H20O3. The quantitative estimate of drug-likeness (QED) is 0.903. The second-order valence-electron chi connectivity index (χ2n) is 4.82. The van der Waals surface area contributed by atoms with Crippen LogP contribution in [0.4, 0.5) is 0 Å². The van der Waals surface area contributed by atoms with E-state index in [4.69, 9.17) is 9.47 Å². The van der Waals surface area contributed by atoms with Gasteiger partial charge in [0.15, 0.2) is 0 Å². The van der Waals surface area contributed by atoms with E-state index in [1.807, 2.05) is 49.4 Å². The average Bonchev–Trinajstić information content (AvgIpc) is 2.45. The number of methoxy groups -OCH3 is 1. The van der Waals surface area contributed by atoms with Crippen LogP contribution in [0.3, 0.4) is 0 Å². The van der Waals surface area contributed by atoms with Crippen molar-refractivity contribution in [3.63, 3.8) is 0 Å². The van der Waals surface area contributed by atoms with Gasteiger partial charge in [-0.25, -0.2) is 0 Å². The van der Waals surface area contributed by atoms with E-state index in [1.54, 1.807) is 14.0 Å². The van der Waals surface area contributed by atoms with Gasteiger partial charge in [0.2, 0.25) is 0 Å². The third-order valence-corrected chi connectivity index (χ3v) is 3.19. The molecule has 106 valence electrons. The highest BCUT2D eigenvalue weighted by molar-refractivity contribution is 5.38. The molecule has 0 bridgehead atoms. The summed E-state index contributed by atoms with van der Waals surface area (Å²) in [6.07, 6.45) is -0.550. The Hall–Kier alpha value is -2.00. The number of aliphatic hydroxyl groups excluding tert-OH is 1. The molecule has 2 aromatic carbocycles. The van der Waals surface area contributed by atoms with Gasteiger partial charge in [-0.1, -0.05) is 29.8 Å². The van der Waals surface area contributed by atoms with Crippen molar-refractivity contribution in [2.45, 2.75) is 26.6 Å². The predicted molar refractivity (Wildman–Crippen MR) is 79.1 cm³/mol. The van der Waals surface area contributed by atoms with Crippen LogP contribution in [0.15, 0.2) is 42.5 Å². The molecule has 2 aromatic rings. The summed E-state index contributed by atoms with van der Waals surface area (Å²) in [5, 5.41) is 9.74. The average molecular weight is 272 g/mol. The molecule has 2 rings (SSSR count). The Bertz CT molecular complexity index is 576. The number of aliphatic hydroxyl groups is 1. The Labute approximate surface area is 119 Å². The van der Waals surface area contributed by atoms with Crippen LogP contribution in [0.25, 0.3) is 0 Å². The molecule has 3 nitrogen and oxygen atoms in total. The molecule has 1 N–H and O–H groups in total. The van der Waals surface area contributed by atoms with Crippen LogP contribution in [-0.4, -0.2) is 12.2 Å². The zero-order chi connectivity index (χ0) is 14.5. The van der Waals surface area contributed by atoms with Crippen LogP contribution in [0.5, 0.6) is 11.5 Å². The fraction of sp³-hybridized carbons (Fsp3) is 0.294. The minimum absolute atomic E-state index is 0.411. The van der Waals surface area contributed by atoms with Crippen molar-refractivity contribution in [1.29, 1.82) is 0 Å². The minimum Gasteiger partial charge on any atom is -0.496 e. The van der Waals surface area contributed by atoms with Gasteiger partial charge in [-0.3, -0.25) is 0 Å². The Morgan fingerprint density at radius 1 is 1.10 bits per heavy atom. The minimum atomic E-state index is -0.550. The lowest BCUT2D eigenvalue weighted by Crippen LogP contribution is -2.02.